The minimum absolute atomic E-state index is 0.177. The highest BCUT2D eigenvalue weighted by Crippen LogP contribution is 2.30. The van der Waals surface area contributed by atoms with Crippen LogP contribution < -0.4 is 0 Å². The number of alkyl halides is 1. The summed E-state index contributed by atoms with van der Waals surface area (Å²) in [6.07, 6.45) is 0.499. The fourth-order valence-corrected chi connectivity index (χ4v) is 1.44. The van der Waals surface area contributed by atoms with Crippen LogP contribution in [0.15, 0.2) is 24.3 Å². The van der Waals surface area contributed by atoms with Crippen molar-refractivity contribution >= 4 is 17.6 Å². The van der Waals surface area contributed by atoms with Gasteiger partial charge in [0.05, 0.1) is 0 Å². The second kappa shape index (κ2) is 5.19. The molecular weight excluding hydrogens is 252 g/mol. The molecule has 100 valence electrons. The third kappa shape index (κ3) is 3.39. The number of rotatable bonds is 4. The van der Waals surface area contributed by atoms with E-state index in [0.29, 0.717) is 6.42 Å². The van der Waals surface area contributed by atoms with E-state index in [-0.39, 0.29) is 5.75 Å². The van der Waals surface area contributed by atoms with Crippen LogP contribution in [0.5, 0.6) is 5.75 Å². The average molecular weight is 271 g/mol. The molecule has 1 rings (SSSR count). The third-order valence-corrected chi connectivity index (χ3v) is 3.42. The van der Waals surface area contributed by atoms with Gasteiger partial charge in [0.2, 0.25) is 0 Å². The molecule has 0 spiro atoms. The number of hydrogen-bond acceptors (Lipinski definition) is 3. The highest BCUT2D eigenvalue weighted by molar-refractivity contribution is 6.33. The van der Waals surface area contributed by atoms with Gasteiger partial charge in [-0.15, -0.1) is 11.6 Å². The summed E-state index contributed by atoms with van der Waals surface area (Å²) in [5, 5.41) is 9.24. The highest BCUT2D eigenvalue weighted by atomic mass is 35.5. The zero-order valence-corrected chi connectivity index (χ0v) is 11.9. The number of hydrogen-bond donors (Lipinski definition) is 1. The molecule has 0 heterocycles. The maximum absolute atomic E-state index is 11.9. The largest absolute Gasteiger partial charge is 0.508 e. The second-order valence-corrected chi connectivity index (χ2v) is 5.83. The Morgan fingerprint density at radius 2 is 1.78 bits per heavy atom. The van der Waals surface area contributed by atoms with Crippen LogP contribution in [0, 0.1) is 0 Å². The lowest BCUT2D eigenvalue weighted by Crippen LogP contribution is -2.36. The molecule has 1 atom stereocenters. The minimum Gasteiger partial charge on any atom is -0.508 e. The van der Waals surface area contributed by atoms with E-state index in [2.05, 4.69) is 0 Å². The van der Waals surface area contributed by atoms with E-state index >= 15 is 0 Å². The molecule has 4 heteroatoms. The van der Waals surface area contributed by atoms with Crippen LogP contribution >= 0.6 is 11.6 Å². The molecule has 1 N–H and O–H groups in total. The van der Waals surface area contributed by atoms with Gasteiger partial charge in [-0.3, -0.25) is 4.79 Å². The van der Waals surface area contributed by atoms with E-state index in [1.165, 1.54) is 0 Å². The molecule has 18 heavy (non-hydrogen) atoms. The van der Waals surface area contributed by atoms with Crippen molar-refractivity contribution in [2.75, 3.05) is 0 Å². The van der Waals surface area contributed by atoms with Gasteiger partial charge in [-0.1, -0.05) is 19.1 Å². The van der Waals surface area contributed by atoms with Crippen molar-refractivity contribution in [3.05, 3.63) is 29.8 Å². The number of aromatic hydroxyl groups is 1. The van der Waals surface area contributed by atoms with Crippen molar-refractivity contribution in [3.63, 3.8) is 0 Å². The van der Waals surface area contributed by atoms with Gasteiger partial charge in [0.1, 0.15) is 16.2 Å². The van der Waals surface area contributed by atoms with Gasteiger partial charge in [-0.25, -0.2) is 0 Å². The molecule has 0 fully saturated rings. The SMILES string of the molecule is CCC(C)(Cl)C(=O)OC(C)(C)c1ccc(O)cc1. The molecule has 0 radical (unpaired) electrons. The molecule has 1 unspecified atom stereocenters. The smallest absolute Gasteiger partial charge is 0.327 e. The van der Waals surface area contributed by atoms with E-state index in [9.17, 15) is 9.90 Å². The Morgan fingerprint density at radius 3 is 2.22 bits per heavy atom. The number of carbonyl (C=O) groups is 1. The summed E-state index contributed by atoms with van der Waals surface area (Å²) < 4.78 is 5.47. The Bertz CT molecular complexity index is 421. The van der Waals surface area contributed by atoms with E-state index in [4.69, 9.17) is 16.3 Å². The second-order valence-electron chi connectivity index (χ2n) is 5.00. The molecular formula is C14H19ClO3. The van der Waals surface area contributed by atoms with Crippen LogP contribution in [0.3, 0.4) is 0 Å². The first-order valence-corrected chi connectivity index (χ1v) is 6.28. The first kappa shape index (κ1) is 14.8. The van der Waals surface area contributed by atoms with E-state index in [0.717, 1.165) is 5.56 Å². The Hall–Kier alpha value is -1.22. The molecule has 3 nitrogen and oxygen atoms in total. The van der Waals surface area contributed by atoms with Crippen molar-refractivity contribution < 1.29 is 14.6 Å². The Morgan fingerprint density at radius 1 is 1.28 bits per heavy atom. The lowest BCUT2D eigenvalue weighted by Gasteiger charge is -2.29. The van der Waals surface area contributed by atoms with Gasteiger partial charge >= 0.3 is 5.97 Å². The first-order valence-electron chi connectivity index (χ1n) is 5.91. The fourth-order valence-electron chi connectivity index (χ4n) is 1.40. The van der Waals surface area contributed by atoms with Gasteiger partial charge in [0, 0.05) is 0 Å². The summed E-state index contributed by atoms with van der Waals surface area (Å²) in [5.74, 6) is -0.263. The Balaban J connectivity index is 2.88. The number of phenolic OH excluding ortho intramolecular Hbond substituents is 1. The molecule has 0 aliphatic rings. The van der Waals surface area contributed by atoms with Gasteiger partial charge < -0.3 is 9.84 Å². The van der Waals surface area contributed by atoms with Crippen LogP contribution in [-0.2, 0) is 15.1 Å². The lowest BCUT2D eigenvalue weighted by atomic mass is 9.97. The maximum atomic E-state index is 11.9. The van der Waals surface area contributed by atoms with Gasteiger partial charge in [0.25, 0.3) is 0 Å². The van der Waals surface area contributed by atoms with Crippen molar-refractivity contribution in [1.29, 1.82) is 0 Å². The summed E-state index contributed by atoms with van der Waals surface area (Å²) in [6.45, 7) is 7.06. The molecule has 0 saturated heterocycles. The van der Waals surface area contributed by atoms with Crippen LogP contribution in [0.25, 0.3) is 0 Å². The molecule has 1 aromatic rings. The topological polar surface area (TPSA) is 46.5 Å². The molecule has 0 amide bonds. The van der Waals surface area contributed by atoms with Crippen LogP contribution in [-0.4, -0.2) is 16.0 Å². The van der Waals surface area contributed by atoms with E-state index in [1.54, 1.807) is 45.0 Å². The predicted molar refractivity (Wildman–Crippen MR) is 71.8 cm³/mol. The van der Waals surface area contributed by atoms with Crippen LogP contribution in [0.4, 0.5) is 0 Å². The predicted octanol–water partition coefficient (Wildman–Crippen LogP) is 3.58. The summed E-state index contributed by atoms with van der Waals surface area (Å²) in [4.78, 5) is 10.9. The maximum Gasteiger partial charge on any atom is 0.327 e. The average Bonchev–Trinajstić information content (AvgIpc) is 2.29. The lowest BCUT2D eigenvalue weighted by molar-refractivity contribution is -0.160. The Labute approximate surface area is 113 Å². The Kier molecular flexibility index (Phi) is 4.28. The highest BCUT2D eigenvalue weighted by Gasteiger charge is 2.35. The van der Waals surface area contributed by atoms with Crippen molar-refractivity contribution in [2.24, 2.45) is 0 Å². The summed E-state index contributed by atoms with van der Waals surface area (Å²) >= 11 is 6.08. The van der Waals surface area contributed by atoms with Crippen LogP contribution in [0.2, 0.25) is 0 Å². The number of carbonyl (C=O) groups excluding carboxylic acids is 1. The number of benzene rings is 1. The molecule has 0 saturated carbocycles. The quantitative estimate of drug-likeness (QED) is 0.672. The molecule has 0 aliphatic carbocycles. The van der Waals surface area contributed by atoms with E-state index < -0.39 is 16.4 Å². The van der Waals surface area contributed by atoms with Crippen molar-refractivity contribution in [3.8, 4) is 5.75 Å². The molecule has 0 bridgehead atoms. The molecule has 0 aliphatic heterocycles. The number of phenols is 1. The zero-order valence-electron chi connectivity index (χ0n) is 11.2. The summed E-state index contributed by atoms with van der Waals surface area (Å²) in [6, 6.07) is 6.57. The first-order chi connectivity index (χ1) is 8.19. The summed E-state index contributed by atoms with van der Waals surface area (Å²) in [7, 11) is 0. The van der Waals surface area contributed by atoms with Gasteiger partial charge in [0.15, 0.2) is 0 Å². The summed E-state index contributed by atoms with van der Waals surface area (Å²) in [5.41, 5.74) is 0.0213. The fraction of sp³-hybridized carbons (Fsp3) is 0.500. The third-order valence-electron chi connectivity index (χ3n) is 3.00. The minimum atomic E-state index is -1.01. The van der Waals surface area contributed by atoms with Crippen molar-refractivity contribution in [2.45, 2.75) is 44.6 Å². The van der Waals surface area contributed by atoms with Crippen molar-refractivity contribution in [1.82, 2.24) is 0 Å². The normalized spacial score (nSPS) is 14.9. The molecule has 0 aromatic heterocycles. The number of halogens is 1. The monoisotopic (exact) mass is 270 g/mol. The van der Waals surface area contributed by atoms with Gasteiger partial charge in [-0.2, -0.15) is 0 Å². The molecule has 1 aromatic carbocycles. The standard InChI is InChI=1S/C14H19ClO3/c1-5-14(4,15)12(17)18-13(2,3)10-6-8-11(16)9-7-10/h6-9,16H,5H2,1-4H3. The zero-order chi connectivity index (χ0) is 14.0. The van der Waals surface area contributed by atoms with Gasteiger partial charge in [-0.05, 0) is 44.9 Å². The number of ether oxygens (including phenoxy) is 1. The van der Waals surface area contributed by atoms with Crippen LogP contribution in [0.1, 0.15) is 39.7 Å². The van der Waals surface area contributed by atoms with E-state index in [1.807, 2.05) is 6.92 Å². The number of esters is 1.